The van der Waals surface area contributed by atoms with Gasteiger partial charge in [0.15, 0.2) is 0 Å². The van der Waals surface area contributed by atoms with Crippen LogP contribution < -0.4 is 0 Å². The maximum absolute atomic E-state index is 11.9. The molecule has 0 fully saturated rings. The van der Waals surface area contributed by atoms with E-state index < -0.39 is 0 Å². The molecule has 0 unspecified atom stereocenters. The van der Waals surface area contributed by atoms with Crippen molar-refractivity contribution in [1.82, 2.24) is 4.98 Å². The predicted molar refractivity (Wildman–Crippen MR) is 94.0 cm³/mol. The van der Waals surface area contributed by atoms with Crippen LogP contribution >= 0.6 is 11.3 Å². The van der Waals surface area contributed by atoms with Gasteiger partial charge in [-0.15, -0.1) is 11.3 Å². The molecule has 23 heavy (non-hydrogen) atoms. The van der Waals surface area contributed by atoms with Crippen LogP contribution in [0.1, 0.15) is 29.2 Å². The summed E-state index contributed by atoms with van der Waals surface area (Å²) < 4.78 is 5.26. The highest BCUT2D eigenvalue weighted by Gasteiger charge is 2.23. The Morgan fingerprint density at radius 2 is 2.13 bits per heavy atom. The third-order valence-corrected chi connectivity index (χ3v) is 5.43. The predicted octanol–water partition coefficient (Wildman–Crippen LogP) is 4.49. The number of benzene rings is 1. The topological polar surface area (TPSA) is 42.1 Å². The number of hydrogen-bond acceptors (Lipinski definition) is 3. The van der Waals surface area contributed by atoms with Crippen LogP contribution in [0.15, 0.2) is 30.3 Å². The molecule has 0 radical (unpaired) electrons. The molecule has 0 bridgehead atoms. The zero-order chi connectivity index (χ0) is 16.0. The SMILES string of the molecule is CC(C)OC(=O)Cc1cc2c(s1)CCc1c-2[nH]c2ccccc12. The molecule has 1 N–H and O–H groups in total. The number of hydrogen-bond donors (Lipinski definition) is 1. The van der Waals surface area contributed by atoms with Crippen molar-refractivity contribution in [3.8, 4) is 11.3 Å². The fourth-order valence-corrected chi connectivity index (χ4v) is 4.50. The molecule has 0 atom stereocenters. The number of rotatable bonds is 3. The average molecular weight is 325 g/mol. The summed E-state index contributed by atoms with van der Waals surface area (Å²) in [5.41, 5.74) is 5.09. The molecule has 0 amide bonds. The van der Waals surface area contributed by atoms with Gasteiger partial charge in [0.2, 0.25) is 0 Å². The van der Waals surface area contributed by atoms with Gasteiger partial charge in [-0.25, -0.2) is 0 Å². The number of ether oxygens (including phenoxy) is 1. The minimum Gasteiger partial charge on any atom is -0.463 e. The van der Waals surface area contributed by atoms with E-state index in [2.05, 4.69) is 35.3 Å². The van der Waals surface area contributed by atoms with Gasteiger partial charge in [0, 0.05) is 26.2 Å². The number of aromatic amines is 1. The normalized spacial score (nSPS) is 13.2. The summed E-state index contributed by atoms with van der Waals surface area (Å²) in [4.78, 5) is 17.9. The van der Waals surface area contributed by atoms with Crippen molar-refractivity contribution in [3.63, 3.8) is 0 Å². The van der Waals surface area contributed by atoms with E-state index in [0.29, 0.717) is 6.42 Å². The van der Waals surface area contributed by atoms with Gasteiger partial charge in [0.25, 0.3) is 0 Å². The second-order valence-corrected chi connectivity index (χ2v) is 7.51. The van der Waals surface area contributed by atoms with E-state index in [1.807, 2.05) is 13.8 Å². The van der Waals surface area contributed by atoms with Crippen molar-refractivity contribution in [2.75, 3.05) is 0 Å². The summed E-state index contributed by atoms with van der Waals surface area (Å²) in [6.07, 6.45) is 2.42. The van der Waals surface area contributed by atoms with E-state index in [1.54, 1.807) is 11.3 Å². The fraction of sp³-hybridized carbons (Fsp3) is 0.316. The molecule has 118 valence electrons. The zero-order valence-electron chi connectivity index (χ0n) is 13.3. The average Bonchev–Trinajstić information content (AvgIpc) is 3.06. The van der Waals surface area contributed by atoms with E-state index in [1.165, 1.54) is 32.6 Å². The van der Waals surface area contributed by atoms with E-state index in [-0.39, 0.29) is 12.1 Å². The Balaban J connectivity index is 1.70. The van der Waals surface area contributed by atoms with Crippen LogP contribution in [0.25, 0.3) is 22.2 Å². The van der Waals surface area contributed by atoms with E-state index in [9.17, 15) is 4.79 Å². The number of aromatic nitrogens is 1. The lowest BCUT2D eigenvalue weighted by Gasteiger charge is -2.11. The third-order valence-electron chi connectivity index (χ3n) is 4.23. The first-order valence-electron chi connectivity index (χ1n) is 8.03. The number of fused-ring (bicyclic) bond motifs is 5. The molecule has 1 aromatic carbocycles. The zero-order valence-corrected chi connectivity index (χ0v) is 14.1. The molecule has 0 saturated carbocycles. The standard InChI is InChI=1S/C19H19NO2S/c1-11(2)22-18(21)10-12-9-15-17(23-12)8-7-14-13-5-3-4-6-16(13)20-19(14)15/h3-6,9,11,20H,7-8,10H2,1-2H3. The first-order valence-corrected chi connectivity index (χ1v) is 8.84. The van der Waals surface area contributed by atoms with Gasteiger partial charge in [0.05, 0.1) is 18.2 Å². The third kappa shape index (κ3) is 2.57. The number of para-hydroxylation sites is 1. The molecule has 2 heterocycles. The molecule has 4 rings (SSSR count). The molecule has 2 aromatic heterocycles. The van der Waals surface area contributed by atoms with Crippen molar-refractivity contribution in [3.05, 3.63) is 45.6 Å². The van der Waals surface area contributed by atoms with Gasteiger partial charge in [0.1, 0.15) is 0 Å². The first kappa shape index (κ1) is 14.5. The van der Waals surface area contributed by atoms with Crippen molar-refractivity contribution >= 4 is 28.2 Å². The highest BCUT2D eigenvalue weighted by molar-refractivity contribution is 7.12. The van der Waals surface area contributed by atoms with Crippen molar-refractivity contribution in [1.29, 1.82) is 0 Å². The molecule has 1 aliphatic carbocycles. The number of aryl methyl sites for hydroxylation is 2. The number of H-pyrrole nitrogens is 1. The van der Waals surface area contributed by atoms with Crippen molar-refractivity contribution < 1.29 is 9.53 Å². The molecule has 3 nitrogen and oxygen atoms in total. The lowest BCUT2D eigenvalue weighted by atomic mass is 9.94. The largest absolute Gasteiger partial charge is 0.463 e. The lowest BCUT2D eigenvalue weighted by Crippen LogP contribution is -2.12. The molecule has 0 aliphatic heterocycles. The Labute approximate surface area is 139 Å². The number of carbonyl (C=O) groups is 1. The molecule has 4 heteroatoms. The second kappa shape index (κ2) is 5.53. The summed E-state index contributed by atoms with van der Waals surface area (Å²) in [5, 5.41) is 1.32. The monoisotopic (exact) mass is 325 g/mol. The van der Waals surface area contributed by atoms with Crippen LogP contribution in [0.3, 0.4) is 0 Å². The number of esters is 1. The Hall–Kier alpha value is -2.07. The summed E-state index contributed by atoms with van der Waals surface area (Å²) >= 11 is 1.74. The quantitative estimate of drug-likeness (QED) is 0.721. The molecular formula is C19H19NO2S. The Morgan fingerprint density at radius 1 is 1.30 bits per heavy atom. The summed E-state index contributed by atoms with van der Waals surface area (Å²) in [6, 6.07) is 10.6. The van der Waals surface area contributed by atoms with E-state index in [0.717, 1.165) is 17.7 Å². The molecule has 0 saturated heterocycles. The second-order valence-electron chi connectivity index (χ2n) is 6.29. The van der Waals surface area contributed by atoms with Gasteiger partial charge in [-0.1, -0.05) is 18.2 Å². The van der Waals surface area contributed by atoms with Gasteiger partial charge >= 0.3 is 5.97 Å². The fourth-order valence-electron chi connectivity index (χ4n) is 3.34. The summed E-state index contributed by atoms with van der Waals surface area (Å²) in [7, 11) is 0. The number of thiophene rings is 1. The highest BCUT2D eigenvalue weighted by Crippen LogP contribution is 2.41. The molecule has 3 aromatic rings. The lowest BCUT2D eigenvalue weighted by molar-refractivity contribution is -0.146. The van der Waals surface area contributed by atoms with Crippen LogP contribution in [0.5, 0.6) is 0 Å². The number of carbonyl (C=O) groups excluding carboxylic acids is 1. The molecule has 1 aliphatic rings. The Morgan fingerprint density at radius 3 is 2.96 bits per heavy atom. The summed E-state index contributed by atoms with van der Waals surface area (Å²) in [6.45, 7) is 3.77. The van der Waals surface area contributed by atoms with E-state index in [4.69, 9.17) is 4.74 Å². The van der Waals surface area contributed by atoms with Crippen LogP contribution in [0.4, 0.5) is 0 Å². The van der Waals surface area contributed by atoms with Gasteiger partial charge in [-0.2, -0.15) is 0 Å². The van der Waals surface area contributed by atoms with Crippen LogP contribution in [-0.4, -0.2) is 17.1 Å². The highest BCUT2D eigenvalue weighted by atomic mass is 32.1. The van der Waals surface area contributed by atoms with Crippen molar-refractivity contribution in [2.45, 2.75) is 39.2 Å². The number of nitrogens with one attached hydrogen (secondary N) is 1. The van der Waals surface area contributed by atoms with Crippen LogP contribution in [0, 0.1) is 0 Å². The van der Waals surface area contributed by atoms with Crippen LogP contribution in [0.2, 0.25) is 0 Å². The Bertz CT molecular complexity index is 888. The first-order chi connectivity index (χ1) is 11.1. The van der Waals surface area contributed by atoms with E-state index >= 15 is 0 Å². The summed E-state index contributed by atoms with van der Waals surface area (Å²) in [5.74, 6) is -0.143. The minimum absolute atomic E-state index is 0.0580. The van der Waals surface area contributed by atoms with Crippen molar-refractivity contribution in [2.24, 2.45) is 0 Å². The Kier molecular flexibility index (Phi) is 3.49. The van der Waals surface area contributed by atoms with Gasteiger partial charge in [-0.05, 0) is 44.4 Å². The van der Waals surface area contributed by atoms with Gasteiger partial charge in [-0.3, -0.25) is 4.79 Å². The minimum atomic E-state index is -0.143. The maximum atomic E-state index is 11.9. The molecular weight excluding hydrogens is 306 g/mol. The smallest absolute Gasteiger partial charge is 0.311 e. The maximum Gasteiger partial charge on any atom is 0.311 e. The van der Waals surface area contributed by atoms with Crippen LogP contribution in [-0.2, 0) is 28.8 Å². The molecule has 0 spiro atoms. The van der Waals surface area contributed by atoms with Gasteiger partial charge < -0.3 is 9.72 Å².